The normalized spacial score (nSPS) is 12.3. The van der Waals surface area contributed by atoms with Gasteiger partial charge in [-0.2, -0.15) is 0 Å². The van der Waals surface area contributed by atoms with Gasteiger partial charge in [-0.15, -0.1) is 0 Å². The van der Waals surface area contributed by atoms with Crippen molar-refractivity contribution in [1.29, 1.82) is 0 Å². The third-order valence-electron chi connectivity index (χ3n) is 1.45. The summed E-state index contributed by atoms with van der Waals surface area (Å²) in [5.41, 5.74) is 0.540. The summed E-state index contributed by atoms with van der Waals surface area (Å²) in [5, 5.41) is 5.73. The molecule has 0 aromatic rings. The van der Waals surface area contributed by atoms with Crippen molar-refractivity contribution in [1.82, 2.24) is 10.6 Å². The molecule has 0 rings (SSSR count). The average Bonchev–Trinajstić information content (AvgIpc) is 1.99. The van der Waals surface area contributed by atoms with Gasteiger partial charge in [0.1, 0.15) is 0 Å². The van der Waals surface area contributed by atoms with Crippen LogP contribution in [-0.2, 0) is 4.79 Å². The number of rotatable bonds is 4. The third-order valence-corrected chi connectivity index (χ3v) is 1.45. The number of carbonyl (C=O) groups is 1. The molecule has 2 N–H and O–H groups in total. The Morgan fingerprint density at radius 1 is 1.64 bits per heavy atom. The molecule has 3 heteroatoms. The Hall–Kier alpha value is -0.830. The van der Waals surface area contributed by atoms with E-state index in [2.05, 4.69) is 17.2 Å². The minimum atomic E-state index is -0.0915. The van der Waals surface area contributed by atoms with E-state index in [-0.39, 0.29) is 12.1 Å². The van der Waals surface area contributed by atoms with Gasteiger partial charge in [0, 0.05) is 5.57 Å². The van der Waals surface area contributed by atoms with Crippen molar-refractivity contribution in [3.63, 3.8) is 0 Å². The second-order valence-electron chi connectivity index (χ2n) is 2.50. The second kappa shape index (κ2) is 4.91. The summed E-state index contributed by atoms with van der Waals surface area (Å²) in [6.45, 7) is 7.23. The Labute approximate surface area is 67.9 Å². The van der Waals surface area contributed by atoms with Crippen molar-refractivity contribution in [3.05, 3.63) is 12.2 Å². The van der Waals surface area contributed by atoms with E-state index in [0.717, 1.165) is 6.42 Å². The first-order valence-electron chi connectivity index (χ1n) is 3.75. The maximum absolute atomic E-state index is 11.0. The van der Waals surface area contributed by atoms with Crippen LogP contribution in [0.25, 0.3) is 0 Å². The van der Waals surface area contributed by atoms with E-state index in [1.54, 1.807) is 6.92 Å². The fraction of sp³-hybridized carbons (Fsp3) is 0.625. The maximum atomic E-state index is 11.0. The highest BCUT2D eigenvalue weighted by molar-refractivity contribution is 5.92. The topological polar surface area (TPSA) is 41.1 Å². The Morgan fingerprint density at radius 3 is 2.45 bits per heavy atom. The predicted octanol–water partition coefficient (Wildman–Crippen LogP) is 0.634. The number of carbonyl (C=O) groups excluding carboxylic acids is 1. The molecule has 0 heterocycles. The molecule has 0 aliphatic carbocycles. The van der Waals surface area contributed by atoms with Crippen molar-refractivity contribution in [2.75, 3.05) is 7.05 Å². The van der Waals surface area contributed by atoms with Crippen LogP contribution in [0.2, 0.25) is 0 Å². The fourth-order valence-corrected chi connectivity index (χ4v) is 0.660. The van der Waals surface area contributed by atoms with Crippen molar-refractivity contribution in [2.24, 2.45) is 0 Å². The molecule has 0 bridgehead atoms. The molecule has 0 aromatic heterocycles. The molecule has 1 amide bonds. The zero-order valence-electron chi connectivity index (χ0n) is 7.40. The lowest BCUT2D eigenvalue weighted by Crippen LogP contribution is -2.43. The Balaban J connectivity index is 3.81. The lowest BCUT2D eigenvalue weighted by atomic mass is 10.3. The van der Waals surface area contributed by atoms with Gasteiger partial charge in [-0.05, 0) is 20.4 Å². The first kappa shape index (κ1) is 10.2. The van der Waals surface area contributed by atoms with E-state index in [1.807, 2.05) is 14.0 Å². The quantitative estimate of drug-likeness (QED) is 0.463. The summed E-state index contributed by atoms with van der Waals surface area (Å²) < 4.78 is 0. The van der Waals surface area contributed by atoms with E-state index in [4.69, 9.17) is 0 Å². The van der Waals surface area contributed by atoms with Crippen molar-refractivity contribution in [3.8, 4) is 0 Å². The number of hydrogen-bond acceptors (Lipinski definition) is 2. The van der Waals surface area contributed by atoms with Gasteiger partial charge in [-0.1, -0.05) is 13.5 Å². The molecule has 11 heavy (non-hydrogen) atoms. The first-order chi connectivity index (χ1) is 5.11. The van der Waals surface area contributed by atoms with Crippen molar-refractivity contribution in [2.45, 2.75) is 26.4 Å². The zero-order valence-corrected chi connectivity index (χ0v) is 7.40. The summed E-state index contributed by atoms with van der Waals surface area (Å²) in [7, 11) is 1.81. The number of amides is 1. The SMILES string of the molecule is C=C(C)C(=O)NC(CC)NC. The molecule has 1 atom stereocenters. The van der Waals surface area contributed by atoms with Gasteiger partial charge in [-0.3, -0.25) is 4.79 Å². The lowest BCUT2D eigenvalue weighted by molar-refractivity contribution is -0.118. The van der Waals surface area contributed by atoms with Crippen LogP contribution in [0, 0.1) is 0 Å². The monoisotopic (exact) mass is 156 g/mol. The predicted molar refractivity (Wildman–Crippen MR) is 46.1 cm³/mol. The summed E-state index contributed by atoms with van der Waals surface area (Å²) in [6, 6.07) is 0. The smallest absolute Gasteiger partial charge is 0.247 e. The maximum Gasteiger partial charge on any atom is 0.247 e. The van der Waals surface area contributed by atoms with Crippen LogP contribution in [0.15, 0.2) is 12.2 Å². The molecule has 0 radical (unpaired) electrons. The van der Waals surface area contributed by atoms with Gasteiger partial charge in [-0.25, -0.2) is 0 Å². The summed E-state index contributed by atoms with van der Waals surface area (Å²) in [5.74, 6) is -0.0915. The van der Waals surface area contributed by atoms with E-state index in [0.29, 0.717) is 5.57 Å². The van der Waals surface area contributed by atoms with Crippen LogP contribution < -0.4 is 10.6 Å². The summed E-state index contributed by atoms with van der Waals surface area (Å²) in [6.07, 6.45) is 0.925. The molecule has 3 nitrogen and oxygen atoms in total. The van der Waals surface area contributed by atoms with E-state index in [1.165, 1.54) is 0 Å². The average molecular weight is 156 g/mol. The van der Waals surface area contributed by atoms with Gasteiger partial charge in [0.2, 0.25) is 5.91 Å². The fourth-order valence-electron chi connectivity index (χ4n) is 0.660. The molecule has 0 aromatic carbocycles. The Kier molecular flexibility index (Phi) is 4.54. The molecular formula is C8H16N2O. The van der Waals surface area contributed by atoms with Gasteiger partial charge < -0.3 is 10.6 Å². The second-order valence-corrected chi connectivity index (χ2v) is 2.50. The molecule has 1 unspecified atom stereocenters. The zero-order chi connectivity index (χ0) is 8.85. The molecular weight excluding hydrogens is 140 g/mol. The van der Waals surface area contributed by atoms with E-state index < -0.39 is 0 Å². The van der Waals surface area contributed by atoms with Crippen molar-refractivity contribution < 1.29 is 4.79 Å². The minimum Gasteiger partial charge on any atom is -0.337 e. The van der Waals surface area contributed by atoms with Crippen LogP contribution in [-0.4, -0.2) is 19.1 Å². The molecule has 0 fully saturated rings. The molecule has 0 saturated heterocycles. The Bertz CT molecular complexity index is 150. The molecule has 0 saturated carbocycles. The van der Waals surface area contributed by atoms with Crippen LogP contribution in [0.4, 0.5) is 0 Å². The molecule has 0 aliphatic rings. The number of hydrogen-bond donors (Lipinski definition) is 2. The van der Waals surface area contributed by atoms with E-state index in [9.17, 15) is 4.79 Å². The Morgan fingerprint density at radius 2 is 2.18 bits per heavy atom. The highest BCUT2D eigenvalue weighted by Gasteiger charge is 2.06. The van der Waals surface area contributed by atoms with Gasteiger partial charge in [0.25, 0.3) is 0 Å². The highest BCUT2D eigenvalue weighted by Crippen LogP contribution is 1.89. The summed E-state index contributed by atoms with van der Waals surface area (Å²) >= 11 is 0. The highest BCUT2D eigenvalue weighted by atomic mass is 16.1. The molecule has 64 valence electrons. The van der Waals surface area contributed by atoms with Crippen LogP contribution in [0.3, 0.4) is 0 Å². The van der Waals surface area contributed by atoms with Crippen molar-refractivity contribution >= 4 is 5.91 Å². The van der Waals surface area contributed by atoms with E-state index >= 15 is 0 Å². The first-order valence-corrected chi connectivity index (χ1v) is 3.75. The molecule has 0 aliphatic heterocycles. The largest absolute Gasteiger partial charge is 0.337 e. The van der Waals surface area contributed by atoms with Crippen LogP contribution in [0.5, 0.6) is 0 Å². The number of nitrogens with one attached hydrogen (secondary N) is 2. The third kappa shape index (κ3) is 3.78. The molecule has 0 spiro atoms. The van der Waals surface area contributed by atoms with Gasteiger partial charge in [0.05, 0.1) is 6.17 Å². The lowest BCUT2D eigenvalue weighted by Gasteiger charge is -2.15. The standard InChI is InChI=1S/C8H16N2O/c1-5-7(9-4)10-8(11)6(2)3/h7,9H,2,5H2,1,3-4H3,(H,10,11). The van der Waals surface area contributed by atoms with Gasteiger partial charge >= 0.3 is 0 Å². The summed E-state index contributed by atoms with van der Waals surface area (Å²) in [4.78, 5) is 11.0. The minimum absolute atomic E-state index is 0.0548. The van der Waals surface area contributed by atoms with Crippen LogP contribution in [0.1, 0.15) is 20.3 Å². The van der Waals surface area contributed by atoms with Gasteiger partial charge in [0.15, 0.2) is 0 Å². The van der Waals surface area contributed by atoms with Crippen LogP contribution >= 0.6 is 0 Å².